The van der Waals surface area contributed by atoms with E-state index < -0.39 is 17.8 Å². The van der Waals surface area contributed by atoms with Crippen molar-refractivity contribution in [3.63, 3.8) is 0 Å². The maximum absolute atomic E-state index is 12.7. The first-order chi connectivity index (χ1) is 10.4. The van der Waals surface area contributed by atoms with Gasteiger partial charge in [-0.3, -0.25) is 4.90 Å². The molecular weight excluding hydrogens is 291 g/mol. The number of hydrogen-bond donors (Lipinski definition) is 1. The minimum atomic E-state index is -4.40. The number of rotatable bonds is 5. The van der Waals surface area contributed by atoms with Crippen molar-refractivity contribution in [3.05, 3.63) is 71.3 Å². The molecule has 0 aliphatic heterocycles. The number of likely N-dealkylation sites (N-methyl/N-ethyl adjacent to an activating group) is 1. The van der Waals surface area contributed by atoms with Crippen molar-refractivity contribution < 1.29 is 18.3 Å². The third-order valence-corrected chi connectivity index (χ3v) is 3.38. The van der Waals surface area contributed by atoms with Crippen LogP contribution in [-0.4, -0.2) is 23.6 Å². The van der Waals surface area contributed by atoms with Gasteiger partial charge in [0.25, 0.3) is 0 Å². The summed E-state index contributed by atoms with van der Waals surface area (Å²) in [6, 6.07) is 14.5. The second-order valence-electron chi connectivity index (χ2n) is 5.32. The third kappa shape index (κ3) is 4.58. The lowest BCUT2D eigenvalue weighted by Gasteiger charge is -2.21. The van der Waals surface area contributed by atoms with Crippen LogP contribution in [0.15, 0.2) is 54.6 Å². The zero-order chi connectivity index (χ0) is 16.2. The SMILES string of the molecule is CN(Cc1ccccc1)C[C@H](O)c1cccc(C(F)(F)F)c1. The summed E-state index contributed by atoms with van der Waals surface area (Å²) in [5.41, 5.74) is 0.616. The highest BCUT2D eigenvalue weighted by Crippen LogP contribution is 2.30. The first-order valence-corrected chi connectivity index (χ1v) is 6.94. The van der Waals surface area contributed by atoms with Gasteiger partial charge in [-0.25, -0.2) is 0 Å². The number of aliphatic hydroxyl groups is 1. The van der Waals surface area contributed by atoms with Gasteiger partial charge in [0, 0.05) is 13.1 Å². The summed E-state index contributed by atoms with van der Waals surface area (Å²) in [4.78, 5) is 1.88. The van der Waals surface area contributed by atoms with Crippen LogP contribution in [0.2, 0.25) is 0 Å². The van der Waals surface area contributed by atoms with Crippen molar-refractivity contribution in [2.24, 2.45) is 0 Å². The zero-order valence-electron chi connectivity index (χ0n) is 12.2. The Balaban J connectivity index is 2.01. The predicted octanol–water partition coefficient (Wildman–Crippen LogP) is 3.87. The summed E-state index contributed by atoms with van der Waals surface area (Å²) in [7, 11) is 1.82. The van der Waals surface area contributed by atoms with Crippen molar-refractivity contribution in [1.29, 1.82) is 0 Å². The molecule has 0 aliphatic carbocycles. The maximum Gasteiger partial charge on any atom is 0.416 e. The van der Waals surface area contributed by atoms with Crippen molar-refractivity contribution in [2.75, 3.05) is 13.6 Å². The van der Waals surface area contributed by atoms with E-state index in [1.54, 1.807) is 0 Å². The largest absolute Gasteiger partial charge is 0.416 e. The molecule has 0 heterocycles. The first-order valence-electron chi connectivity index (χ1n) is 6.94. The predicted molar refractivity (Wildman–Crippen MR) is 79.2 cm³/mol. The second-order valence-corrected chi connectivity index (χ2v) is 5.32. The van der Waals surface area contributed by atoms with Crippen LogP contribution < -0.4 is 0 Å². The van der Waals surface area contributed by atoms with Gasteiger partial charge in [-0.15, -0.1) is 0 Å². The fourth-order valence-corrected chi connectivity index (χ4v) is 2.28. The molecule has 1 N–H and O–H groups in total. The van der Waals surface area contributed by atoms with E-state index in [1.807, 2.05) is 42.3 Å². The molecule has 0 bridgehead atoms. The molecule has 2 aromatic rings. The fourth-order valence-electron chi connectivity index (χ4n) is 2.28. The third-order valence-electron chi connectivity index (χ3n) is 3.38. The molecule has 2 nitrogen and oxygen atoms in total. The zero-order valence-corrected chi connectivity index (χ0v) is 12.2. The highest BCUT2D eigenvalue weighted by atomic mass is 19.4. The number of halogens is 3. The summed E-state index contributed by atoms with van der Waals surface area (Å²) in [5, 5.41) is 10.2. The van der Waals surface area contributed by atoms with E-state index in [0.29, 0.717) is 6.54 Å². The van der Waals surface area contributed by atoms with Gasteiger partial charge < -0.3 is 5.11 Å². The summed E-state index contributed by atoms with van der Waals surface area (Å²) in [6.45, 7) is 0.882. The van der Waals surface area contributed by atoms with E-state index in [1.165, 1.54) is 12.1 Å². The van der Waals surface area contributed by atoms with Crippen LogP contribution in [0.3, 0.4) is 0 Å². The summed E-state index contributed by atoms with van der Waals surface area (Å²) >= 11 is 0. The standard InChI is InChI=1S/C17H18F3NO/c1-21(11-13-6-3-2-4-7-13)12-16(22)14-8-5-9-15(10-14)17(18,19)20/h2-10,16,22H,11-12H2,1H3/t16-/m0/s1. The van der Waals surface area contributed by atoms with Crippen LogP contribution in [0, 0.1) is 0 Å². The molecule has 2 aromatic carbocycles. The summed E-state index contributed by atoms with van der Waals surface area (Å²) in [6.07, 6.45) is -5.36. The number of alkyl halides is 3. The average molecular weight is 309 g/mol. The van der Waals surface area contributed by atoms with Gasteiger partial charge in [0.05, 0.1) is 11.7 Å². The molecule has 0 aromatic heterocycles. The molecule has 0 radical (unpaired) electrons. The molecule has 0 amide bonds. The molecule has 0 saturated carbocycles. The van der Waals surface area contributed by atoms with Gasteiger partial charge in [0.15, 0.2) is 0 Å². The molecule has 1 atom stereocenters. The molecule has 22 heavy (non-hydrogen) atoms. The molecule has 0 fully saturated rings. The Kier molecular flexibility index (Phi) is 5.21. The molecular formula is C17H18F3NO. The van der Waals surface area contributed by atoms with Gasteiger partial charge in [-0.05, 0) is 30.3 Å². The molecule has 118 valence electrons. The Morgan fingerprint density at radius 1 is 1.05 bits per heavy atom. The monoisotopic (exact) mass is 309 g/mol. The lowest BCUT2D eigenvalue weighted by atomic mass is 10.1. The lowest BCUT2D eigenvalue weighted by Crippen LogP contribution is -2.24. The highest BCUT2D eigenvalue weighted by molar-refractivity contribution is 5.27. The van der Waals surface area contributed by atoms with E-state index >= 15 is 0 Å². The van der Waals surface area contributed by atoms with Crippen molar-refractivity contribution in [1.82, 2.24) is 4.90 Å². The van der Waals surface area contributed by atoms with Gasteiger partial charge in [-0.2, -0.15) is 13.2 Å². The maximum atomic E-state index is 12.7. The van der Waals surface area contributed by atoms with Crippen molar-refractivity contribution >= 4 is 0 Å². The number of benzene rings is 2. The van der Waals surface area contributed by atoms with E-state index in [9.17, 15) is 18.3 Å². The number of aliphatic hydroxyl groups excluding tert-OH is 1. The smallest absolute Gasteiger partial charge is 0.387 e. The lowest BCUT2D eigenvalue weighted by molar-refractivity contribution is -0.137. The Hall–Kier alpha value is -1.85. The first kappa shape index (κ1) is 16.5. The van der Waals surface area contributed by atoms with Crippen LogP contribution in [0.5, 0.6) is 0 Å². The Morgan fingerprint density at radius 3 is 2.36 bits per heavy atom. The minimum absolute atomic E-state index is 0.260. The Bertz CT molecular complexity index is 598. The van der Waals surface area contributed by atoms with Crippen LogP contribution in [0.25, 0.3) is 0 Å². The van der Waals surface area contributed by atoms with Crippen LogP contribution in [0.4, 0.5) is 13.2 Å². The van der Waals surface area contributed by atoms with E-state index in [0.717, 1.165) is 17.7 Å². The molecule has 5 heteroatoms. The molecule has 2 rings (SSSR count). The van der Waals surface area contributed by atoms with Crippen LogP contribution >= 0.6 is 0 Å². The van der Waals surface area contributed by atoms with Gasteiger partial charge in [0.2, 0.25) is 0 Å². The highest BCUT2D eigenvalue weighted by Gasteiger charge is 2.30. The Morgan fingerprint density at radius 2 is 1.73 bits per heavy atom. The number of hydrogen-bond acceptors (Lipinski definition) is 2. The molecule has 0 spiro atoms. The summed E-state index contributed by atoms with van der Waals surface area (Å²) < 4.78 is 38.1. The molecule has 0 saturated heterocycles. The summed E-state index contributed by atoms with van der Waals surface area (Å²) in [5.74, 6) is 0. The molecule has 0 unspecified atom stereocenters. The van der Waals surface area contributed by atoms with E-state index in [-0.39, 0.29) is 12.1 Å². The van der Waals surface area contributed by atoms with E-state index in [2.05, 4.69) is 0 Å². The topological polar surface area (TPSA) is 23.5 Å². The van der Waals surface area contributed by atoms with Gasteiger partial charge in [0.1, 0.15) is 0 Å². The van der Waals surface area contributed by atoms with E-state index in [4.69, 9.17) is 0 Å². The van der Waals surface area contributed by atoms with Gasteiger partial charge in [-0.1, -0.05) is 42.5 Å². The van der Waals surface area contributed by atoms with Crippen LogP contribution in [0.1, 0.15) is 22.8 Å². The van der Waals surface area contributed by atoms with Crippen molar-refractivity contribution in [2.45, 2.75) is 18.8 Å². The Labute approximate surface area is 127 Å². The minimum Gasteiger partial charge on any atom is -0.387 e. The quantitative estimate of drug-likeness (QED) is 0.906. The molecule has 0 aliphatic rings. The average Bonchev–Trinajstić information content (AvgIpc) is 2.47. The van der Waals surface area contributed by atoms with Crippen LogP contribution in [-0.2, 0) is 12.7 Å². The second kappa shape index (κ2) is 6.94. The van der Waals surface area contributed by atoms with Gasteiger partial charge >= 0.3 is 6.18 Å². The normalized spacial score (nSPS) is 13.4. The number of nitrogens with zero attached hydrogens (tertiary/aromatic N) is 1. The fraction of sp³-hybridized carbons (Fsp3) is 0.294. The van der Waals surface area contributed by atoms with Crippen molar-refractivity contribution in [3.8, 4) is 0 Å².